The minimum absolute atomic E-state index is 0.0745. The number of para-hydroxylation sites is 1. The van der Waals surface area contributed by atoms with E-state index in [9.17, 15) is 22.0 Å². The molecule has 2 aromatic carbocycles. The summed E-state index contributed by atoms with van der Waals surface area (Å²) in [7, 11) is -2.88. The van der Waals surface area contributed by atoms with Gasteiger partial charge in [0.15, 0.2) is 0 Å². The molecule has 0 aliphatic rings. The van der Waals surface area contributed by atoms with Crippen LogP contribution in [-0.2, 0) is 17.1 Å². The van der Waals surface area contributed by atoms with E-state index in [2.05, 4.69) is 4.98 Å². The molecule has 0 unspecified atom stereocenters. The molecule has 0 aliphatic heterocycles. The summed E-state index contributed by atoms with van der Waals surface area (Å²) in [6, 6.07) is 9.20. The fourth-order valence-electron chi connectivity index (χ4n) is 2.84. The molecule has 1 aromatic heterocycles. The number of hydrogen-bond donors (Lipinski definition) is 1. The molecule has 1 N–H and O–H groups in total. The molecule has 3 rings (SSSR count). The summed E-state index contributed by atoms with van der Waals surface area (Å²) in [5.74, 6) is -2.85. The number of aryl methyl sites for hydroxylation is 1. The van der Waals surface area contributed by atoms with Crippen molar-refractivity contribution in [1.82, 2.24) is 14.3 Å². The van der Waals surface area contributed by atoms with E-state index in [1.54, 1.807) is 26.8 Å². The number of sulfonamides is 1. The molecule has 3 aromatic rings. The second kappa shape index (κ2) is 8.10. The summed E-state index contributed by atoms with van der Waals surface area (Å²) < 4.78 is 62.7. The predicted molar refractivity (Wildman–Crippen MR) is 110 cm³/mol. The lowest BCUT2D eigenvalue weighted by Gasteiger charge is -2.23. The van der Waals surface area contributed by atoms with Gasteiger partial charge in [-0.25, -0.2) is 26.9 Å². The Kier molecular flexibility index (Phi) is 5.86. The van der Waals surface area contributed by atoms with Gasteiger partial charge < -0.3 is 9.30 Å². The molecule has 7 nitrogen and oxygen atoms in total. The highest BCUT2D eigenvalue weighted by molar-refractivity contribution is 7.90. The standard InChI is InChI=1S/C21H21F2N3O4S/c1-21(2,3)30-16-10-5-6-11-17(16)31(28,29)25-20(27)15-12-26(4)19(24-15)18-13(22)8-7-9-14(18)23/h5-12H,1-4H3,(H,25,27). The highest BCUT2D eigenvalue weighted by atomic mass is 32.2. The van der Waals surface area contributed by atoms with Crippen LogP contribution in [0.3, 0.4) is 0 Å². The van der Waals surface area contributed by atoms with E-state index in [1.807, 2.05) is 4.72 Å². The lowest BCUT2D eigenvalue weighted by molar-refractivity contribution is 0.0977. The van der Waals surface area contributed by atoms with Crippen LogP contribution in [0.15, 0.2) is 53.6 Å². The fourth-order valence-corrected chi connectivity index (χ4v) is 3.93. The highest BCUT2D eigenvalue weighted by Crippen LogP contribution is 2.28. The topological polar surface area (TPSA) is 90.3 Å². The van der Waals surface area contributed by atoms with Crippen molar-refractivity contribution in [3.8, 4) is 17.1 Å². The van der Waals surface area contributed by atoms with Crippen LogP contribution in [0.25, 0.3) is 11.4 Å². The van der Waals surface area contributed by atoms with E-state index in [1.165, 1.54) is 42.1 Å². The van der Waals surface area contributed by atoms with E-state index in [0.29, 0.717) is 0 Å². The molecular formula is C21H21F2N3O4S. The third kappa shape index (κ3) is 4.91. The number of hydrogen-bond acceptors (Lipinski definition) is 5. The van der Waals surface area contributed by atoms with Crippen molar-refractivity contribution in [1.29, 1.82) is 0 Å². The zero-order chi connectivity index (χ0) is 23.0. The molecule has 0 spiro atoms. The van der Waals surface area contributed by atoms with E-state index in [-0.39, 0.29) is 22.2 Å². The van der Waals surface area contributed by atoms with Crippen molar-refractivity contribution in [2.24, 2.45) is 7.05 Å². The summed E-state index contributed by atoms with van der Waals surface area (Å²) in [4.78, 5) is 16.3. The number of amides is 1. The quantitative estimate of drug-likeness (QED) is 0.642. The van der Waals surface area contributed by atoms with Gasteiger partial charge in [-0.3, -0.25) is 4.79 Å². The number of carbonyl (C=O) groups is 1. The Bertz CT molecular complexity index is 1230. The molecule has 0 radical (unpaired) electrons. The zero-order valence-corrected chi connectivity index (χ0v) is 18.1. The normalized spacial score (nSPS) is 11.9. The Morgan fingerprint density at radius 1 is 1.06 bits per heavy atom. The first-order chi connectivity index (χ1) is 14.4. The number of ether oxygens (including phenoxy) is 1. The maximum absolute atomic E-state index is 14.1. The van der Waals surface area contributed by atoms with Gasteiger partial charge in [-0.2, -0.15) is 0 Å². The average Bonchev–Trinajstić information content (AvgIpc) is 3.02. The minimum atomic E-state index is -4.32. The van der Waals surface area contributed by atoms with Crippen LogP contribution in [0.4, 0.5) is 8.78 Å². The maximum Gasteiger partial charge on any atom is 0.285 e. The molecule has 0 fully saturated rings. The van der Waals surface area contributed by atoms with Crippen LogP contribution < -0.4 is 9.46 Å². The first-order valence-corrected chi connectivity index (χ1v) is 10.7. The number of halogens is 2. The molecular weight excluding hydrogens is 428 g/mol. The van der Waals surface area contributed by atoms with Crippen molar-refractivity contribution < 1.29 is 26.7 Å². The number of rotatable bonds is 5. The molecule has 0 aliphatic carbocycles. The third-order valence-electron chi connectivity index (χ3n) is 4.08. The zero-order valence-electron chi connectivity index (χ0n) is 17.3. The van der Waals surface area contributed by atoms with Crippen molar-refractivity contribution in [3.63, 3.8) is 0 Å². The predicted octanol–water partition coefficient (Wildman–Crippen LogP) is 3.66. The first kappa shape index (κ1) is 22.4. The monoisotopic (exact) mass is 449 g/mol. The van der Waals surface area contributed by atoms with Crippen LogP contribution >= 0.6 is 0 Å². The van der Waals surface area contributed by atoms with Gasteiger partial charge in [0.25, 0.3) is 15.9 Å². The van der Waals surface area contributed by atoms with Gasteiger partial charge in [0.05, 0.1) is 5.56 Å². The molecule has 164 valence electrons. The van der Waals surface area contributed by atoms with Gasteiger partial charge in [0, 0.05) is 13.2 Å². The SMILES string of the molecule is Cn1cc(C(=O)NS(=O)(=O)c2ccccc2OC(C)(C)C)nc1-c1c(F)cccc1F. The van der Waals surface area contributed by atoms with Crippen molar-refractivity contribution >= 4 is 15.9 Å². The molecule has 10 heteroatoms. The minimum Gasteiger partial charge on any atom is -0.487 e. The summed E-state index contributed by atoms with van der Waals surface area (Å²) >= 11 is 0. The van der Waals surface area contributed by atoms with Gasteiger partial charge in [-0.05, 0) is 45.0 Å². The Morgan fingerprint density at radius 3 is 2.29 bits per heavy atom. The van der Waals surface area contributed by atoms with Crippen LogP contribution in [0.2, 0.25) is 0 Å². The Labute approximate surface area is 178 Å². The Morgan fingerprint density at radius 2 is 1.68 bits per heavy atom. The van der Waals surface area contributed by atoms with Gasteiger partial charge in [0.1, 0.15) is 39.4 Å². The largest absolute Gasteiger partial charge is 0.487 e. The summed E-state index contributed by atoms with van der Waals surface area (Å²) in [5.41, 5.74) is -1.41. The third-order valence-corrected chi connectivity index (χ3v) is 5.45. The average molecular weight is 449 g/mol. The number of carbonyl (C=O) groups excluding carboxylic acids is 1. The smallest absolute Gasteiger partial charge is 0.285 e. The Hall–Kier alpha value is -3.27. The molecule has 1 amide bonds. The molecule has 31 heavy (non-hydrogen) atoms. The maximum atomic E-state index is 14.1. The van der Waals surface area contributed by atoms with E-state index >= 15 is 0 Å². The Balaban J connectivity index is 1.93. The molecule has 0 atom stereocenters. The molecule has 0 saturated carbocycles. The summed E-state index contributed by atoms with van der Waals surface area (Å²) in [6.45, 7) is 5.27. The fraction of sp³-hybridized carbons (Fsp3) is 0.238. The lowest BCUT2D eigenvalue weighted by Crippen LogP contribution is -2.32. The van der Waals surface area contributed by atoms with Crippen LogP contribution in [0.1, 0.15) is 31.3 Å². The molecule has 0 saturated heterocycles. The van der Waals surface area contributed by atoms with Crippen molar-refractivity contribution in [3.05, 3.63) is 66.0 Å². The van der Waals surface area contributed by atoms with Crippen molar-refractivity contribution in [2.45, 2.75) is 31.3 Å². The number of aromatic nitrogens is 2. The molecule has 0 bridgehead atoms. The van der Waals surface area contributed by atoms with Crippen LogP contribution in [0.5, 0.6) is 5.75 Å². The second-order valence-electron chi connectivity index (χ2n) is 7.75. The van der Waals surface area contributed by atoms with E-state index in [0.717, 1.165) is 12.1 Å². The van der Waals surface area contributed by atoms with Gasteiger partial charge in [-0.15, -0.1) is 0 Å². The lowest BCUT2D eigenvalue weighted by atomic mass is 10.2. The number of imidazole rings is 1. The second-order valence-corrected chi connectivity index (χ2v) is 9.40. The van der Waals surface area contributed by atoms with E-state index < -0.39 is 38.7 Å². The highest BCUT2D eigenvalue weighted by Gasteiger charge is 2.27. The van der Waals surface area contributed by atoms with Gasteiger partial charge in [0.2, 0.25) is 0 Å². The van der Waals surface area contributed by atoms with Gasteiger partial charge in [-0.1, -0.05) is 18.2 Å². The van der Waals surface area contributed by atoms with Crippen molar-refractivity contribution in [2.75, 3.05) is 0 Å². The summed E-state index contributed by atoms with van der Waals surface area (Å²) in [5, 5.41) is 0. The van der Waals surface area contributed by atoms with Crippen LogP contribution in [0, 0.1) is 11.6 Å². The van der Waals surface area contributed by atoms with E-state index in [4.69, 9.17) is 4.74 Å². The van der Waals surface area contributed by atoms with Crippen LogP contribution in [-0.4, -0.2) is 29.5 Å². The first-order valence-electron chi connectivity index (χ1n) is 9.22. The van der Waals surface area contributed by atoms with Gasteiger partial charge >= 0.3 is 0 Å². The summed E-state index contributed by atoms with van der Waals surface area (Å²) in [6.07, 6.45) is 1.18. The number of nitrogens with zero attached hydrogens (tertiary/aromatic N) is 2. The number of nitrogens with one attached hydrogen (secondary N) is 1. The number of benzene rings is 2. The molecule has 1 heterocycles.